The molecular formula is C35H32O8. The summed E-state index contributed by atoms with van der Waals surface area (Å²) in [5, 5.41) is 51.3. The van der Waals surface area contributed by atoms with Crippen LogP contribution in [0.3, 0.4) is 0 Å². The predicted molar refractivity (Wildman–Crippen MR) is 164 cm³/mol. The zero-order chi connectivity index (χ0) is 30.5. The maximum absolute atomic E-state index is 13.4. The maximum Gasteiger partial charge on any atom is 0.197 e. The van der Waals surface area contributed by atoms with Crippen molar-refractivity contribution in [2.45, 2.75) is 31.3 Å². The fourth-order valence-electron chi connectivity index (χ4n) is 5.08. The van der Waals surface area contributed by atoms with Crippen LogP contribution in [-0.2, 0) is 6.42 Å². The minimum atomic E-state index is -0.647. The molecule has 0 spiro atoms. The molecule has 43 heavy (non-hydrogen) atoms. The van der Waals surface area contributed by atoms with E-state index >= 15 is 0 Å². The second-order valence-electron chi connectivity index (χ2n) is 10.3. The Morgan fingerprint density at radius 1 is 0.837 bits per heavy atom. The number of aromatic hydroxyl groups is 4. The third-order valence-electron chi connectivity index (χ3n) is 7.36. The quantitative estimate of drug-likeness (QED) is 0.120. The number of phenols is 4. The molecule has 0 saturated carbocycles. The highest BCUT2D eigenvalue weighted by Gasteiger charge is 2.25. The van der Waals surface area contributed by atoms with Gasteiger partial charge in [-0.05, 0) is 78.9 Å². The third kappa shape index (κ3) is 6.66. The first-order valence-electron chi connectivity index (χ1n) is 13.8. The molecule has 0 aliphatic rings. The number of aliphatic hydroxyl groups is 1. The summed E-state index contributed by atoms with van der Waals surface area (Å²) in [6, 6.07) is 22.3. The molecule has 5 rings (SSSR count). The van der Waals surface area contributed by atoms with Crippen LogP contribution in [0.2, 0.25) is 0 Å². The average molecular weight is 581 g/mol. The molecule has 0 unspecified atom stereocenters. The van der Waals surface area contributed by atoms with Crippen LogP contribution in [0.25, 0.3) is 22.3 Å². The Labute approximate surface area is 248 Å². The molecule has 0 radical (unpaired) electrons. The summed E-state index contributed by atoms with van der Waals surface area (Å²) in [7, 11) is 1.40. The van der Waals surface area contributed by atoms with Crippen LogP contribution in [0, 0.1) is 0 Å². The lowest BCUT2D eigenvalue weighted by Gasteiger charge is -2.19. The van der Waals surface area contributed by atoms with Crippen LogP contribution in [0.4, 0.5) is 0 Å². The molecule has 4 aromatic carbocycles. The normalized spacial score (nSPS) is 12.9. The van der Waals surface area contributed by atoms with Gasteiger partial charge in [0.2, 0.25) is 0 Å². The van der Waals surface area contributed by atoms with Crippen molar-refractivity contribution in [3.8, 4) is 40.1 Å². The summed E-state index contributed by atoms with van der Waals surface area (Å²) in [6.45, 7) is 0. The van der Waals surface area contributed by atoms with Crippen LogP contribution in [0.5, 0.6) is 28.7 Å². The van der Waals surface area contributed by atoms with Crippen LogP contribution in [-0.4, -0.2) is 38.7 Å². The number of ether oxygens (including phenoxy) is 1. The highest BCUT2D eigenvalue weighted by molar-refractivity contribution is 5.90. The molecule has 1 aromatic heterocycles. The van der Waals surface area contributed by atoms with Crippen molar-refractivity contribution in [1.29, 1.82) is 0 Å². The van der Waals surface area contributed by atoms with Crippen LogP contribution in [0.1, 0.15) is 35.4 Å². The van der Waals surface area contributed by atoms with E-state index in [1.807, 2.05) is 24.3 Å². The number of fused-ring (bicyclic) bond motifs is 1. The molecule has 0 bridgehead atoms. The zero-order valence-corrected chi connectivity index (χ0v) is 23.5. The number of benzene rings is 4. The molecule has 0 fully saturated rings. The Morgan fingerprint density at radius 3 is 2.07 bits per heavy atom. The molecule has 2 atom stereocenters. The van der Waals surface area contributed by atoms with E-state index in [0.717, 1.165) is 5.56 Å². The van der Waals surface area contributed by atoms with Gasteiger partial charge in [0.25, 0.3) is 0 Å². The number of allylic oxidation sites excluding steroid dienone is 1. The molecule has 0 aliphatic heterocycles. The predicted octanol–water partition coefficient (Wildman–Crippen LogP) is 6.36. The fraction of sp³-hybridized carbons (Fsp3) is 0.171. The van der Waals surface area contributed by atoms with E-state index in [-0.39, 0.29) is 50.9 Å². The zero-order valence-electron chi connectivity index (χ0n) is 23.5. The first kappa shape index (κ1) is 29.3. The lowest BCUT2D eigenvalue weighted by molar-refractivity contribution is 0.168. The van der Waals surface area contributed by atoms with Crippen LogP contribution < -0.4 is 10.2 Å². The minimum Gasteiger partial charge on any atom is -0.508 e. The largest absolute Gasteiger partial charge is 0.508 e. The van der Waals surface area contributed by atoms with Crippen molar-refractivity contribution in [2.75, 3.05) is 7.11 Å². The lowest BCUT2D eigenvalue weighted by atomic mass is 9.88. The first-order chi connectivity index (χ1) is 20.7. The highest BCUT2D eigenvalue weighted by atomic mass is 16.5. The standard InChI is InChI=1S/C35H32O8/c1-42-32-20-29(40)33(35-34(32)30(41)19-31(43-35)23-10-17-27(39)18-11-23)28(22-8-15-26(38)16-9-22)4-2-3-24(36)12-5-21-6-13-25(37)14-7-21/h2,4,6-11,13-20,24,28,36-40H,3,5,12H2,1H3/b4-2+/t24-,28+/m1/s1. The van der Waals surface area contributed by atoms with Crippen LogP contribution >= 0.6 is 0 Å². The molecule has 5 aromatic rings. The smallest absolute Gasteiger partial charge is 0.197 e. The molecule has 8 nitrogen and oxygen atoms in total. The van der Waals surface area contributed by atoms with Gasteiger partial charge >= 0.3 is 0 Å². The molecule has 220 valence electrons. The first-order valence-corrected chi connectivity index (χ1v) is 13.8. The Balaban J connectivity index is 1.56. The number of hydrogen-bond donors (Lipinski definition) is 5. The van der Waals surface area contributed by atoms with E-state index in [9.17, 15) is 30.3 Å². The summed E-state index contributed by atoms with van der Waals surface area (Å²) < 4.78 is 11.7. The molecule has 5 N–H and O–H groups in total. The number of phenolic OH excluding ortho intramolecular Hbond substituents is 4. The highest BCUT2D eigenvalue weighted by Crippen LogP contribution is 2.42. The van der Waals surface area contributed by atoms with E-state index in [4.69, 9.17) is 9.15 Å². The molecule has 0 amide bonds. The Hall–Kier alpha value is -5.21. The monoisotopic (exact) mass is 580 g/mol. The molecule has 8 heteroatoms. The van der Waals surface area contributed by atoms with Gasteiger partial charge in [0.05, 0.1) is 13.2 Å². The number of aryl methyl sites for hydroxylation is 1. The van der Waals surface area contributed by atoms with Crippen molar-refractivity contribution >= 4 is 11.0 Å². The average Bonchev–Trinajstić information content (AvgIpc) is 3.00. The molecular weight excluding hydrogens is 548 g/mol. The van der Waals surface area contributed by atoms with Gasteiger partial charge in [-0.1, -0.05) is 36.4 Å². The van der Waals surface area contributed by atoms with Gasteiger partial charge in [0, 0.05) is 29.2 Å². The second-order valence-corrected chi connectivity index (χ2v) is 10.3. The van der Waals surface area contributed by atoms with E-state index in [0.29, 0.717) is 36.0 Å². The van der Waals surface area contributed by atoms with Gasteiger partial charge in [-0.25, -0.2) is 0 Å². The number of methoxy groups -OCH3 is 1. The van der Waals surface area contributed by atoms with Crippen molar-refractivity contribution in [1.82, 2.24) is 0 Å². The summed E-state index contributed by atoms with van der Waals surface area (Å²) >= 11 is 0. The van der Waals surface area contributed by atoms with Gasteiger partial charge in [-0.2, -0.15) is 0 Å². The van der Waals surface area contributed by atoms with Crippen molar-refractivity contribution in [2.24, 2.45) is 0 Å². The minimum absolute atomic E-state index is 0.0645. The summed E-state index contributed by atoms with van der Waals surface area (Å²) in [5.74, 6) is -0.0732. The molecule has 0 aliphatic carbocycles. The number of aliphatic hydroxyl groups excluding tert-OH is 1. The fourth-order valence-corrected chi connectivity index (χ4v) is 5.08. The number of rotatable bonds is 10. The van der Waals surface area contributed by atoms with Gasteiger partial charge in [0.15, 0.2) is 5.43 Å². The lowest BCUT2D eigenvalue weighted by Crippen LogP contribution is -2.08. The van der Waals surface area contributed by atoms with E-state index in [1.165, 1.54) is 43.5 Å². The maximum atomic E-state index is 13.4. The van der Waals surface area contributed by atoms with Crippen LogP contribution in [0.15, 0.2) is 106 Å². The van der Waals surface area contributed by atoms with Crippen molar-refractivity contribution in [3.05, 3.63) is 124 Å². The molecule has 1 heterocycles. The van der Waals surface area contributed by atoms with E-state index in [2.05, 4.69) is 0 Å². The Kier molecular flexibility index (Phi) is 8.69. The Morgan fingerprint density at radius 2 is 1.44 bits per heavy atom. The van der Waals surface area contributed by atoms with Gasteiger partial charge in [0.1, 0.15) is 45.5 Å². The van der Waals surface area contributed by atoms with Gasteiger partial charge < -0.3 is 34.7 Å². The van der Waals surface area contributed by atoms with E-state index in [1.54, 1.807) is 36.4 Å². The van der Waals surface area contributed by atoms with E-state index < -0.39 is 12.0 Å². The number of hydrogen-bond acceptors (Lipinski definition) is 8. The summed E-state index contributed by atoms with van der Waals surface area (Å²) in [6.07, 6.45) is 4.45. The second kappa shape index (κ2) is 12.8. The van der Waals surface area contributed by atoms with Crippen molar-refractivity contribution < 1.29 is 34.7 Å². The Bertz CT molecular complexity index is 1790. The van der Waals surface area contributed by atoms with Gasteiger partial charge in [-0.3, -0.25) is 4.79 Å². The topological polar surface area (TPSA) is 141 Å². The SMILES string of the molecule is COc1cc(O)c([C@@H](/C=C/C[C@@H](O)CCc2ccc(O)cc2)c2ccc(O)cc2)c2oc(-c3ccc(O)cc3)cc(=O)c12. The molecule has 0 saturated heterocycles. The van der Waals surface area contributed by atoms with Crippen molar-refractivity contribution in [3.63, 3.8) is 0 Å². The summed E-state index contributed by atoms with van der Waals surface area (Å²) in [5.41, 5.74) is 2.32. The third-order valence-corrected chi connectivity index (χ3v) is 7.36. The summed E-state index contributed by atoms with van der Waals surface area (Å²) in [4.78, 5) is 13.4. The van der Waals surface area contributed by atoms with Gasteiger partial charge in [-0.15, -0.1) is 0 Å².